The van der Waals surface area contributed by atoms with Gasteiger partial charge in [0.15, 0.2) is 0 Å². The van der Waals surface area contributed by atoms with E-state index in [1.807, 2.05) is 0 Å². The van der Waals surface area contributed by atoms with Crippen molar-refractivity contribution < 1.29 is 19.7 Å². The summed E-state index contributed by atoms with van der Waals surface area (Å²) in [4.78, 5) is 11.0. The summed E-state index contributed by atoms with van der Waals surface area (Å²) in [5.74, 6) is -0.882. The Labute approximate surface area is 98.4 Å². The third-order valence-corrected chi connectivity index (χ3v) is 2.62. The van der Waals surface area contributed by atoms with E-state index in [4.69, 9.17) is 21.4 Å². The van der Waals surface area contributed by atoms with Crippen LogP contribution in [0.25, 0.3) is 0 Å². The highest BCUT2D eigenvalue weighted by atomic mass is 35.5. The minimum absolute atomic E-state index is 0.343. The van der Waals surface area contributed by atoms with Gasteiger partial charge in [-0.1, -0.05) is 11.6 Å². The average molecular weight is 245 g/mol. The first-order chi connectivity index (χ1) is 7.36. The SMILES string of the molecule is CC(O)C(C)(Oc1ccc(Cl)cc1)C(=O)O. The summed E-state index contributed by atoms with van der Waals surface area (Å²) in [5, 5.41) is 19.0. The number of aliphatic hydroxyl groups is 1. The van der Waals surface area contributed by atoms with Crippen LogP contribution < -0.4 is 4.74 Å². The lowest BCUT2D eigenvalue weighted by Gasteiger charge is -2.28. The van der Waals surface area contributed by atoms with Crippen molar-refractivity contribution in [2.45, 2.75) is 25.6 Å². The molecule has 0 aliphatic carbocycles. The maximum Gasteiger partial charge on any atom is 0.350 e. The molecule has 16 heavy (non-hydrogen) atoms. The molecular weight excluding hydrogens is 232 g/mol. The van der Waals surface area contributed by atoms with E-state index in [1.54, 1.807) is 24.3 Å². The number of rotatable bonds is 4. The Balaban J connectivity index is 2.93. The van der Waals surface area contributed by atoms with Crippen LogP contribution in [0.5, 0.6) is 5.75 Å². The molecule has 0 aliphatic heterocycles. The summed E-state index contributed by atoms with van der Waals surface area (Å²) in [6.45, 7) is 2.68. The predicted molar refractivity (Wildman–Crippen MR) is 59.8 cm³/mol. The lowest BCUT2D eigenvalue weighted by molar-refractivity contribution is -0.162. The Hall–Kier alpha value is -1.26. The molecular formula is C11H13ClO4. The van der Waals surface area contributed by atoms with Crippen LogP contribution in [-0.2, 0) is 4.79 Å². The number of ether oxygens (including phenoxy) is 1. The first-order valence-corrected chi connectivity index (χ1v) is 5.10. The van der Waals surface area contributed by atoms with Crippen LogP contribution >= 0.6 is 11.6 Å². The molecule has 0 bridgehead atoms. The molecule has 5 heteroatoms. The molecule has 0 saturated carbocycles. The summed E-state index contributed by atoms with van der Waals surface area (Å²) < 4.78 is 5.27. The second kappa shape index (κ2) is 4.72. The van der Waals surface area contributed by atoms with Crippen molar-refractivity contribution in [1.29, 1.82) is 0 Å². The highest BCUT2D eigenvalue weighted by Crippen LogP contribution is 2.23. The van der Waals surface area contributed by atoms with Gasteiger partial charge in [0.1, 0.15) is 11.9 Å². The monoisotopic (exact) mass is 244 g/mol. The van der Waals surface area contributed by atoms with Crippen molar-refractivity contribution in [3.63, 3.8) is 0 Å². The third kappa shape index (κ3) is 2.65. The van der Waals surface area contributed by atoms with Gasteiger partial charge in [-0.2, -0.15) is 0 Å². The van der Waals surface area contributed by atoms with E-state index in [0.29, 0.717) is 10.8 Å². The lowest BCUT2D eigenvalue weighted by Crippen LogP contribution is -2.50. The zero-order valence-electron chi connectivity index (χ0n) is 8.98. The molecule has 1 aromatic carbocycles. The molecule has 0 spiro atoms. The summed E-state index contributed by atoms with van der Waals surface area (Å²) in [7, 11) is 0. The lowest BCUT2D eigenvalue weighted by atomic mass is 10.0. The predicted octanol–water partition coefficient (Wildman–Crippen LogP) is 1.94. The number of carboxylic acid groups (broad SMARTS) is 1. The summed E-state index contributed by atoms with van der Waals surface area (Å²) in [5.41, 5.74) is -1.67. The Morgan fingerprint density at radius 2 is 1.94 bits per heavy atom. The molecule has 0 aromatic heterocycles. The molecule has 0 heterocycles. The van der Waals surface area contributed by atoms with Crippen molar-refractivity contribution >= 4 is 17.6 Å². The van der Waals surface area contributed by atoms with Crippen LogP contribution in [0.2, 0.25) is 5.02 Å². The maximum absolute atomic E-state index is 11.0. The minimum Gasteiger partial charge on any atom is -0.478 e. The van der Waals surface area contributed by atoms with E-state index >= 15 is 0 Å². The molecule has 0 fully saturated rings. The number of aliphatic carboxylic acids is 1. The number of carbonyl (C=O) groups is 1. The molecule has 0 amide bonds. The van der Waals surface area contributed by atoms with Crippen molar-refractivity contribution in [2.24, 2.45) is 0 Å². The molecule has 2 unspecified atom stereocenters. The smallest absolute Gasteiger partial charge is 0.350 e. The van der Waals surface area contributed by atoms with Crippen LogP contribution in [-0.4, -0.2) is 27.9 Å². The van der Waals surface area contributed by atoms with E-state index in [1.165, 1.54) is 13.8 Å². The quantitative estimate of drug-likeness (QED) is 0.850. The highest BCUT2D eigenvalue weighted by Gasteiger charge is 2.41. The highest BCUT2D eigenvalue weighted by molar-refractivity contribution is 6.30. The molecule has 4 nitrogen and oxygen atoms in total. The van der Waals surface area contributed by atoms with E-state index in [2.05, 4.69) is 0 Å². The van der Waals surface area contributed by atoms with Gasteiger partial charge in [-0.05, 0) is 38.1 Å². The topological polar surface area (TPSA) is 66.8 Å². The Kier molecular flexibility index (Phi) is 3.78. The van der Waals surface area contributed by atoms with Crippen molar-refractivity contribution in [3.05, 3.63) is 29.3 Å². The van der Waals surface area contributed by atoms with Gasteiger partial charge >= 0.3 is 5.97 Å². The van der Waals surface area contributed by atoms with E-state index in [-0.39, 0.29) is 0 Å². The van der Waals surface area contributed by atoms with Gasteiger partial charge in [0.2, 0.25) is 5.60 Å². The number of benzene rings is 1. The van der Waals surface area contributed by atoms with Crippen LogP contribution in [0.4, 0.5) is 0 Å². The molecule has 1 rings (SSSR count). The largest absolute Gasteiger partial charge is 0.478 e. The molecule has 0 radical (unpaired) electrons. The molecule has 2 atom stereocenters. The Morgan fingerprint density at radius 1 is 1.44 bits per heavy atom. The van der Waals surface area contributed by atoms with Crippen molar-refractivity contribution in [3.8, 4) is 5.75 Å². The minimum atomic E-state index is -1.67. The maximum atomic E-state index is 11.0. The fourth-order valence-electron chi connectivity index (χ4n) is 1.06. The van der Waals surface area contributed by atoms with E-state index in [9.17, 15) is 9.90 Å². The normalized spacial score (nSPS) is 16.2. The van der Waals surface area contributed by atoms with Gasteiger partial charge < -0.3 is 14.9 Å². The Bertz CT molecular complexity index is 374. The number of carboxylic acids is 1. The zero-order valence-corrected chi connectivity index (χ0v) is 9.73. The van der Waals surface area contributed by atoms with Crippen LogP contribution in [0, 0.1) is 0 Å². The second-order valence-electron chi connectivity index (χ2n) is 3.64. The zero-order chi connectivity index (χ0) is 12.3. The van der Waals surface area contributed by atoms with Crippen LogP contribution in [0.3, 0.4) is 0 Å². The summed E-state index contributed by atoms with van der Waals surface area (Å²) in [6, 6.07) is 6.26. The summed E-state index contributed by atoms with van der Waals surface area (Å²) >= 11 is 5.69. The fraction of sp³-hybridized carbons (Fsp3) is 0.364. The number of hydrogen-bond donors (Lipinski definition) is 2. The van der Waals surface area contributed by atoms with Crippen LogP contribution in [0.15, 0.2) is 24.3 Å². The van der Waals surface area contributed by atoms with Gasteiger partial charge in [0, 0.05) is 5.02 Å². The Morgan fingerprint density at radius 3 is 2.31 bits per heavy atom. The molecule has 1 aromatic rings. The molecule has 88 valence electrons. The van der Waals surface area contributed by atoms with Crippen molar-refractivity contribution in [2.75, 3.05) is 0 Å². The standard InChI is InChI=1S/C11H13ClO4/c1-7(13)11(2,10(14)15)16-9-5-3-8(12)4-6-9/h3-7,13H,1-2H3,(H,14,15). The first-order valence-electron chi connectivity index (χ1n) is 4.72. The number of aliphatic hydroxyl groups excluding tert-OH is 1. The molecule has 0 aliphatic rings. The van der Waals surface area contributed by atoms with Gasteiger partial charge in [0.05, 0.1) is 0 Å². The van der Waals surface area contributed by atoms with Gasteiger partial charge in [-0.3, -0.25) is 0 Å². The second-order valence-corrected chi connectivity index (χ2v) is 4.08. The van der Waals surface area contributed by atoms with Crippen LogP contribution in [0.1, 0.15) is 13.8 Å². The number of halogens is 1. The third-order valence-electron chi connectivity index (χ3n) is 2.37. The first kappa shape index (κ1) is 12.8. The summed E-state index contributed by atoms with van der Waals surface area (Å²) in [6.07, 6.45) is -1.14. The van der Waals surface area contributed by atoms with Crippen molar-refractivity contribution in [1.82, 2.24) is 0 Å². The average Bonchev–Trinajstić information content (AvgIpc) is 2.20. The number of hydrogen-bond acceptors (Lipinski definition) is 3. The van der Waals surface area contributed by atoms with Gasteiger partial charge in [0.25, 0.3) is 0 Å². The fourth-order valence-corrected chi connectivity index (χ4v) is 1.18. The van der Waals surface area contributed by atoms with Gasteiger partial charge in [-0.15, -0.1) is 0 Å². The molecule has 2 N–H and O–H groups in total. The van der Waals surface area contributed by atoms with E-state index < -0.39 is 17.7 Å². The van der Waals surface area contributed by atoms with Gasteiger partial charge in [-0.25, -0.2) is 4.79 Å². The molecule has 0 saturated heterocycles. The van der Waals surface area contributed by atoms with E-state index in [0.717, 1.165) is 0 Å².